The second kappa shape index (κ2) is 5.22. The van der Waals surface area contributed by atoms with Crippen molar-refractivity contribution in [2.75, 3.05) is 13.7 Å². The van der Waals surface area contributed by atoms with Gasteiger partial charge in [-0.2, -0.15) is 13.2 Å². The molecule has 17 heavy (non-hydrogen) atoms. The summed E-state index contributed by atoms with van der Waals surface area (Å²) in [6, 6.07) is 2.14. The predicted octanol–water partition coefficient (Wildman–Crippen LogP) is 2.28. The number of nitrogens with one attached hydrogen (secondary N) is 1. The zero-order valence-electron chi connectivity index (χ0n) is 9.30. The molecule has 0 spiro atoms. The van der Waals surface area contributed by atoms with E-state index in [2.05, 4.69) is 10.1 Å². The van der Waals surface area contributed by atoms with Gasteiger partial charge in [0.2, 0.25) is 5.76 Å². The fourth-order valence-corrected chi connectivity index (χ4v) is 1.17. The van der Waals surface area contributed by atoms with Crippen molar-refractivity contribution in [2.45, 2.75) is 19.1 Å². The number of esters is 1. The molecule has 1 rings (SSSR count). The lowest BCUT2D eigenvalue weighted by molar-refractivity contribution is -0.126. The third-order valence-corrected chi connectivity index (χ3v) is 2.05. The van der Waals surface area contributed by atoms with Crippen molar-refractivity contribution >= 4 is 5.97 Å². The standard InChI is InChI=1S/C10H12F3NO3/c1-6(14-5-10(11,12)13)7-3-4-8(17-7)9(15)16-2/h3-4,6,14H,5H2,1-2H3. The largest absolute Gasteiger partial charge is 0.463 e. The lowest BCUT2D eigenvalue weighted by Gasteiger charge is -2.13. The van der Waals surface area contributed by atoms with Crippen LogP contribution in [0.4, 0.5) is 13.2 Å². The van der Waals surface area contributed by atoms with E-state index in [1.807, 2.05) is 0 Å². The highest BCUT2D eigenvalue weighted by atomic mass is 19.4. The second-order valence-electron chi connectivity index (χ2n) is 3.41. The van der Waals surface area contributed by atoms with Crippen LogP contribution in [0.2, 0.25) is 0 Å². The summed E-state index contributed by atoms with van der Waals surface area (Å²) >= 11 is 0. The van der Waals surface area contributed by atoms with E-state index in [9.17, 15) is 18.0 Å². The molecule has 0 radical (unpaired) electrons. The Morgan fingerprint density at radius 2 is 2.18 bits per heavy atom. The summed E-state index contributed by atoms with van der Waals surface area (Å²) in [5, 5.41) is 2.24. The summed E-state index contributed by atoms with van der Waals surface area (Å²) in [7, 11) is 1.19. The van der Waals surface area contributed by atoms with Crippen molar-refractivity contribution in [3.8, 4) is 0 Å². The van der Waals surface area contributed by atoms with Gasteiger partial charge in [0.25, 0.3) is 0 Å². The summed E-state index contributed by atoms with van der Waals surface area (Å²) in [4.78, 5) is 11.1. The topological polar surface area (TPSA) is 51.5 Å². The van der Waals surface area contributed by atoms with Gasteiger partial charge in [-0.15, -0.1) is 0 Å². The molecule has 96 valence electrons. The molecule has 0 saturated carbocycles. The van der Waals surface area contributed by atoms with Crippen molar-refractivity contribution < 1.29 is 27.1 Å². The quantitative estimate of drug-likeness (QED) is 0.834. The Morgan fingerprint density at radius 1 is 1.53 bits per heavy atom. The van der Waals surface area contributed by atoms with E-state index in [4.69, 9.17) is 4.42 Å². The first-order valence-electron chi connectivity index (χ1n) is 4.81. The van der Waals surface area contributed by atoms with Crippen LogP contribution in [0.1, 0.15) is 29.3 Å². The first-order valence-corrected chi connectivity index (χ1v) is 4.81. The van der Waals surface area contributed by atoms with Gasteiger partial charge >= 0.3 is 12.1 Å². The fraction of sp³-hybridized carbons (Fsp3) is 0.500. The summed E-state index contributed by atoms with van der Waals surface area (Å²) in [5.74, 6) is -0.461. The van der Waals surface area contributed by atoms with Crippen molar-refractivity contribution in [2.24, 2.45) is 0 Å². The number of ether oxygens (including phenoxy) is 1. The van der Waals surface area contributed by atoms with Crippen molar-refractivity contribution in [1.29, 1.82) is 0 Å². The maximum Gasteiger partial charge on any atom is 0.401 e. The highest BCUT2D eigenvalue weighted by Crippen LogP contribution is 2.19. The molecule has 0 aromatic carbocycles. The van der Waals surface area contributed by atoms with Gasteiger partial charge in [0.05, 0.1) is 19.7 Å². The van der Waals surface area contributed by atoms with Crippen LogP contribution in [0.5, 0.6) is 0 Å². The molecule has 1 heterocycles. The normalized spacial score (nSPS) is 13.5. The van der Waals surface area contributed by atoms with E-state index in [0.717, 1.165) is 0 Å². The zero-order valence-corrected chi connectivity index (χ0v) is 9.30. The lowest BCUT2D eigenvalue weighted by Crippen LogP contribution is -2.30. The molecule has 4 nitrogen and oxygen atoms in total. The number of hydrogen-bond donors (Lipinski definition) is 1. The van der Waals surface area contributed by atoms with Crippen LogP contribution >= 0.6 is 0 Å². The number of hydrogen-bond acceptors (Lipinski definition) is 4. The molecule has 0 amide bonds. The van der Waals surface area contributed by atoms with Gasteiger partial charge in [0.15, 0.2) is 0 Å². The number of alkyl halides is 3. The Hall–Kier alpha value is -1.50. The molecule has 1 N–H and O–H groups in total. The van der Waals surface area contributed by atoms with Crippen LogP contribution in [0.25, 0.3) is 0 Å². The van der Waals surface area contributed by atoms with E-state index in [1.54, 1.807) is 0 Å². The molecule has 1 aromatic heterocycles. The molecule has 0 aliphatic rings. The third-order valence-electron chi connectivity index (χ3n) is 2.05. The van der Waals surface area contributed by atoms with Crippen LogP contribution in [-0.2, 0) is 4.74 Å². The molecule has 0 saturated heterocycles. The van der Waals surface area contributed by atoms with Crippen molar-refractivity contribution in [1.82, 2.24) is 5.32 Å². The first kappa shape index (κ1) is 13.6. The van der Waals surface area contributed by atoms with Crippen molar-refractivity contribution in [3.05, 3.63) is 23.7 Å². The van der Waals surface area contributed by atoms with Crippen LogP contribution in [-0.4, -0.2) is 25.8 Å². The van der Waals surface area contributed by atoms with Gasteiger partial charge < -0.3 is 9.15 Å². The third kappa shape index (κ3) is 4.10. The first-order chi connectivity index (χ1) is 7.83. The predicted molar refractivity (Wildman–Crippen MR) is 52.5 cm³/mol. The molecule has 0 fully saturated rings. The number of carbonyl (C=O) groups excluding carboxylic acids is 1. The van der Waals surface area contributed by atoms with Gasteiger partial charge in [-0.05, 0) is 19.1 Å². The Bertz CT molecular complexity index is 386. The molecule has 0 aliphatic heterocycles. The molecular formula is C10H12F3NO3. The van der Waals surface area contributed by atoms with E-state index in [1.165, 1.54) is 26.2 Å². The fourth-order valence-electron chi connectivity index (χ4n) is 1.17. The lowest BCUT2D eigenvalue weighted by atomic mass is 10.2. The van der Waals surface area contributed by atoms with Crippen LogP contribution in [0.3, 0.4) is 0 Å². The number of methoxy groups -OCH3 is 1. The summed E-state index contributed by atoms with van der Waals surface area (Å²) in [5.41, 5.74) is 0. The Kier molecular flexibility index (Phi) is 4.17. The van der Waals surface area contributed by atoms with Crippen LogP contribution < -0.4 is 5.32 Å². The summed E-state index contributed by atoms with van der Waals surface area (Å²) in [6.45, 7) is 0.383. The van der Waals surface area contributed by atoms with E-state index in [-0.39, 0.29) is 11.5 Å². The van der Waals surface area contributed by atoms with Gasteiger partial charge in [0.1, 0.15) is 5.76 Å². The van der Waals surface area contributed by atoms with Crippen LogP contribution in [0, 0.1) is 0 Å². The number of carbonyl (C=O) groups is 1. The Morgan fingerprint density at radius 3 is 2.71 bits per heavy atom. The Balaban J connectivity index is 2.61. The summed E-state index contributed by atoms with van der Waals surface area (Å²) in [6.07, 6.45) is -4.29. The minimum atomic E-state index is -4.29. The SMILES string of the molecule is COC(=O)c1ccc(C(C)NCC(F)(F)F)o1. The molecule has 1 atom stereocenters. The smallest absolute Gasteiger partial charge is 0.401 e. The summed E-state index contributed by atoms with van der Waals surface area (Å²) < 4.78 is 45.3. The Labute approximate surface area is 95.7 Å². The van der Waals surface area contributed by atoms with Gasteiger partial charge in [-0.25, -0.2) is 4.79 Å². The monoisotopic (exact) mass is 251 g/mol. The average molecular weight is 251 g/mol. The highest BCUT2D eigenvalue weighted by molar-refractivity contribution is 5.86. The van der Waals surface area contributed by atoms with Crippen molar-refractivity contribution in [3.63, 3.8) is 0 Å². The number of furan rings is 1. The molecular weight excluding hydrogens is 239 g/mol. The maximum atomic E-state index is 12.0. The van der Waals surface area contributed by atoms with Gasteiger partial charge in [-0.3, -0.25) is 5.32 Å². The van der Waals surface area contributed by atoms with Gasteiger partial charge in [-0.1, -0.05) is 0 Å². The molecule has 7 heteroatoms. The molecule has 0 aliphatic carbocycles. The maximum absolute atomic E-state index is 12.0. The van der Waals surface area contributed by atoms with E-state index in [0.29, 0.717) is 0 Å². The molecule has 1 unspecified atom stereocenters. The van der Waals surface area contributed by atoms with E-state index >= 15 is 0 Å². The minimum absolute atomic E-state index is 0.0387. The highest BCUT2D eigenvalue weighted by Gasteiger charge is 2.28. The van der Waals surface area contributed by atoms with E-state index < -0.39 is 24.7 Å². The van der Waals surface area contributed by atoms with Crippen LogP contribution in [0.15, 0.2) is 16.5 Å². The average Bonchev–Trinajstić information content (AvgIpc) is 2.73. The number of halogens is 3. The second-order valence-corrected chi connectivity index (χ2v) is 3.41. The zero-order chi connectivity index (χ0) is 13.1. The minimum Gasteiger partial charge on any atom is -0.463 e. The van der Waals surface area contributed by atoms with Gasteiger partial charge in [0, 0.05) is 0 Å². The molecule has 0 bridgehead atoms. The molecule has 1 aromatic rings. The number of rotatable bonds is 4.